The number of hydrogen-bond acceptors (Lipinski definition) is 3. The molecular formula is C16H22N2S. The predicted molar refractivity (Wildman–Crippen MR) is 83.8 cm³/mol. The van der Waals surface area contributed by atoms with Gasteiger partial charge in [-0.2, -0.15) is 0 Å². The molecule has 3 rings (SSSR count). The van der Waals surface area contributed by atoms with E-state index >= 15 is 0 Å². The van der Waals surface area contributed by atoms with Crippen molar-refractivity contribution in [3.63, 3.8) is 0 Å². The Kier molecular flexibility index (Phi) is 3.83. The largest absolute Gasteiger partial charge is 0.359 e. The van der Waals surface area contributed by atoms with Crippen molar-refractivity contribution in [3.05, 3.63) is 35.9 Å². The van der Waals surface area contributed by atoms with Gasteiger partial charge in [-0.25, -0.2) is 0 Å². The van der Waals surface area contributed by atoms with E-state index in [4.69, 9.17) is 4.99 Å². The Hall–Kier alpha value is -0.960. The van der Waals surface area contributed by atoms with Crippen molar-refractivity contribution in [3.8, 4) is 0 Å². The van der Waals surface area contributed by atoms with Gasteiger partial charge in [0.15, 0.2) is 5.17 Å². The molecule has 1 aliphatic carbocycles. The molecule has 0 bridgehead atoms. The number of amidine groups is 1. The van der Waals surface area contributed by atoms with E-state index in [1.165, 1.54) is 36.4 Å². The van der Waals surface area contributed by atoms with E-state index in [0.29, 0.717) is 11.6 Å². The first kappa shape index (κ1) is 13.0. The lowest BCUT2D eigenvalue weighted by Crippen LogP contribution is -2.52. The molecule has 2 aliphatic rings. The summed E-state index contributed by atoms with van der Waals surface area (Å²) in [5.41, 5.74) is 1.76. The monoisotopic (exact) mass is 274 g/mol. The van der Waals surface area contributed by atoms with Gasteiger partial charge in [-0.3, -0.25) is 4.99 Å². The van der Waals surface area contributed by atoms with Crippen molar-refractivity contribution in [2.75, 3.05) is 5.75 Å². The number of nitrogens with one attached hydrogen (secondary N) is 1. The molecule has 3 heteroatoms. The highest BCUT2D eigenvalue weighted by molar-refractivity contribution is 8.14. The molecule has 1 saturated carbocycles. The molecule has 0 amide bonds. The minimum atomic E-state index is 0.369. The number of rotatable bonds is 4. The van der Waals surface area contributed by atoms with Crippen LogP contribution in [0, 0.1) is 0 Å². The summed E-state index contributed by atoms with van der Waals surface area (Å²) in [4.78, 5) is 4.87. The molecule has 1 heterocycles. The molecule has 0 saturated heterocycles. The highest BCUT2D eigenvalue weighted by Gasteiger charge is 2.36. The van der Waals surface area contributed by atoms with E-state index < -0.39 is 0 Å². The number of nitrogens with zero attached hydrogens (tertiary/aromatic N) is 1. The van der Waals surface area contributed by atoms with Crippen LogP contribution < -0.4 is 5.32 Å². The Labute approximate surface area is 120 Å². The molecule has 19 heavy (non-hydrogen) atoms. The fourth-order valence-corrected chi connectivity index (χ4v) is 3.93. The minimum Gasteiger partial charge on any atom is -0.359 e. The average Bonchev–Trinajstić information content (AvgIpc) is 2.82. The molecule has 0 aromatic heterocycles. The molecule has 1 atom stereocenters. The van der Waals surface area contributed by atoms with Gasteiger partial charge in [-0.15, -0.1) is 0 Å². The third-order valence-corrected chi connectivity index (χ3v) is 5.42. The van der Waals surface area contributed by atoms with Crippen molar-refractivity contribution in [1.82, 2.24) is 5.32 Å². The summed E-state index contributed by atoms with van der Waals surface area (Å²) in [5, 5.41) is 4.89. The van der Waals surface area contributed by atoms with Gasteiger partial charge in [-0.1, -0.05) is 49.0 Å². The number of benzene rings is 1. The summed E-state index contributed by atoms with van der Waals surface area (Å²) in [6.45, 7) is 2.29. The Balaban J connectivity index is 1.59. The molecule has 1 aromatic carbocycles. The molecule has 1 unspecified atom stereocenters. The molecular weight excluding hydrogens is 252 g/mol. The van der Waals surface area contributed by atoms with Crippen molar-refractivity contribution >= 4 is 16.9 Å². The second-order valence-electron chi connectivity index (χ2n) is 5.70. The van der Waals surface area contributed by atoms with Crippen molar-refractivity contribution < 1.29 is 0 Å². The van der Waals surface area contributed by atoms with E-state index in [-0.39, 0.29) is 0 Å². The molecule has 1 N–H and O–H groups in total. The summed E-state index contributed by atoms with van der Waals surface area (Å²) < 4.78 is 0. The Morgan fingerprint density at radius 2 is 2.11 bits per heavy atom. The molecule has 1 aliphatic heterocycles. The summed E-state index contributed by atoms with van der Waals surface area (Å²) in [6, 6.07) is 11.1. The SMILES string of the molecule is CCC1(NC2=NC(Cc3ccccc3)CS2)CCC1. The first-order chi connectivity index (χ1) is 9.30. The first-order valence-electron chi connectivity index (χ1n) is 7.32. The van der Waals surface area contributed by atoms with E-state index in [1.54, 1.807) is 0 Å². The van der Waals surface area contributed by atoms with Gasteiger partial charge in [0.2, 0.25) is 0 Å². The van der Waals surface area contributed by atoms with Crippen LogP contribution in [0.2, 0.25) is 0 Å². The standard InChI is InChI=1S/C16H22N2S/c1-2-16(9-6-10-16)18-15-17-14(12-19-15)11-13-7-4-3-5-8-13/h3-5,7-8,14H,2,6,9-12H2,1H3,(H,17,18). The van der Waals surface area contributed by atoms with Gasteiger partial charge in [0.25, 0.3) is 0 Å². The summed E-state index contributed by atoms with van der Waals surface area (Å²) >= 11 is 1.90. The van der Waals surface area contributed by atoms with Crippen LogP contribution in [-0.2, 0) is 6.42 Å². The predicted octanol–water partition coefficient (Wildman–Crippen LogP) is 3.62. The number of aliphatic imine (C=N–C) groups is 1. The lowest BCUT2D eigenvalue weighted by Gasteiger charge is -2.42. The van der Waals surface area contributed by atoms with E-state index in [1.807, 2.05) is 11.8 Å². The van der Waals surface area contributed by atoms with Crippen LogP contribution in [0.5, 0.6) is 0 Å². The highest BCUT2D eigenvalue weighted by Crippen LogP contribution is 2.36. The van der Waals surface area contributed by atoms with Gasteiger partial charge in [-0.05, 0) is 37.7 Å². The number of thioether (sulfide) groups is 1. The maximum absolute atomic E-state index is 4.87. The van der Waals surface area contributed by atoms with E-state index in [0.717, 1.165) is 12.2 Å². The van der Waals surface area contributed by atoms with Crippen LogP contribution >= 0.6 is 11.8 Å². The molecule has 1 fully saturated rings. The summed E-state index contributed by atoms with van der Waals surface area (Å²) in [5.74, 6) is 1.12. The highest BCUT2D eigenvalue weighted by atomic mass is 32.2. The molecule has 2 nitrogen and oxygen atoms in total. The summed E-state index contributed by atoms with van der Waals surface area (Å²) in [7, 11) is 0. The van der Waals surface area contributed by atoms with E-state index in [2.05, 4.69) is 42.6 Å². The molecule has 1 aromatic rings. The third-order valence-electron chi connectivity index (χ3n) is 4.39. The van der Waals surface area contributed by atoms with Crippen molar-refractivity contribution in [2.45, 2.75) is 50.6 Å². The van der Waals surface area contributed by atoms with Crippen LogP contribution in [0.1, 0.15) is 38.2 Å². The van der Waals surface area contributed by atoms with E-state index in [9.17, 15) is 0 Å². The maximum Gasteiger partial charge on any atom is 0.157 e. The first-order valence-corrected chi connectivity index (χ1v) is 8.31. The zero-order valence-electron chi connectivity index (χ0n) is 11.6. The second kappa shape index (κ2) is 5.58. The smallest absolute Gasteiger partial charge is 0.157 e. The zero-order valence-corrected chi connectivity index (χ0v) is 12.4. The minimum absolute atomic E-state index is 0.369. The van der Waals surface area contributed by atoms with Crippen molar-refractivity contribution in [2.24, 2.45) is 4.99 Å². The Morgan fingerprint density at radius 1 is 1.32 bits per heavy atom. The molecule has 0 radical (unpaired) electrons. The van der Waals surface area contributed by atoms with Crippen LogP contribution in [0.3, 0.4) is 0 Å². The second-order valence-corrected chi connectivity index (χ2v) is 6.71. The van der Waals surface area contributed by atoms with Crippen LogP contribution in [0.15, 0.2) is 35.3 Å². The van der Waals surface area contributed by atoms with Crippen LogP contribution in [0.25, 0.3) is 0 Å². The van der Waals surface area contributed by atoms with Crippen LogP contribution in [-0.4, -0.2) is 22.5 Å². The van der Waals surface area contributed by atoms with Crippen LogP contribution in [0.4, 0.5) is 0 Å². The summed E-state index contributed by atoms with van der Waals surface area (Å²) in [6.07, 6.45) is 6.28. The van der Waals surface area contributed by atoms with Gasteiger partial charge in [0.05, 0.1) is 6.04 Å². The lowest BCUT2D eigenvalue weighted by molar-refractivity contribution is 0.211. The quantitative estimate of drug-likeness (QED) is 0.907. The fourth-order valence-electron chi connectivity index (χ4n) is 2.87. The van der Waals surface area contributed by atoms with Gasteiger partial charge < -0.3 is 5.32 Å². The average molecular weight is 274 g/mol. The van der Waals surface area contributed by atoms with Gasteiger partial charge >= 0.3 is 0 Å². The number of hydrogen-bond donors (Lipinski definition) is 1. The zero-order chi connectivity index (χ0) is 13.1. The van der Waals surface area contributed by atoms with Gasteiger partial charge in [0, 0.05) is 11.3 Å². The molecule has 0 spiro atoms. The lowest BCUT2D eigenvalue weighted by atomic mass is 9.75. The Morgan fingerprint density at radius 3 is 2.74 bits per heavy atom. The normalized spacial score (nSPS) is 24.7. The van der Waals surface area contributed by atoms with Gasteiger partial charge in [0.1, 0.15) is 0 Å². The third kappa shape index (κ3) is 2.97. The maximum atomic E-state index is 4.87. The fraction of sp³-hybridized carbons (Fsp3) is 0.562. The molecule has 102 valence electrons. The van der Waals surface area contributed by atoms with Crippen molar-refractivity contribution in [1.29, 1.82) is 0 Å². The Bertz CT molecular complexity index is 446. The topological polar surface area (TPSA) is 24.4 Å².